The van der Waals surface area contributed by atoms with Gasteiger partial charge in [-0.25, -0.2) is 0 Å². The lowest BCUT2D eigenvalue weighted by atomic mass is 10.1. The molecule has 0 unspecified atom stereocenters. The quantitative estimate of drug-likeness (QED) is 0.326. The van der Waals surface area contributed by atoms with E-state index in [9.17, 15) is 4.79 Å². The minimum absolute atomic E-state index is 0.299. The van der Waals surface area contributed by atoms with Crippen molar-refractivity contribution in [1.82, 2.24) is 0 Å². The Bertz CT molecular complexity index is 432. The van der Waals surface area contributed by atoms with Crippen LogP contribution in [0.15, 0.2) is 0 Å². The van der Waals surface area contributed by atoms with Crippen molar-refractivity contribution in [2.75, 3.05) is 6.61 Å². The molecule has 9 heteroatoms. The Labute approximate surface area is 165 Å². The fourth-order valence-corrected chi connectivity index (χ4v) is 6.21. The van der Waals surface area contributed by atoms with Crippen LogP contribution in [-0.2, 0) is 22.5 Å². The van der Waals surface area contributed by atoms with Crippen LogP contribution in [0.25, 0.3) is 0 Å². The first kappa shape index (κ1) is 26.4. The summed E-state index contributed by atoms with van der Waals surface area (Å²) in [4.78, 5) is 11.9. The van der Waals surface area contributed by atoms with E-state index >= 15 is 0 Å². The summed E-state index contributed by atoms with van der Waals surface area (Å²) in [5, 5.41) is 0. The van der Waals surface area contributed by atoms with Gasteiger partial charge in [-0.2, -0.15) is 0 Å². The highest BCUT2D eigenvalue weighted by Crippen LogP contribution is 2.23. The number of hydrogen-bond acceptors (Lipinski definition) is 5. The summed E-state index contributed by atoms with van der Waals surface area (Å²) in [6.07, 6.45) is -0.473. The van der Waals surface area contributed by atoms with Crippen LogP contribution >= 0.6 is 0 Å². The zero-order valence-corrected chi connectivity index (χ0v) is 23.1. The Morgan fingerprint density at radius 1 is 0.654 bits per heavy atom. The molecule has 0 aliphatic carbocycles. The molecular weight excluding hydrogens is 397 g/mol. The van der Waals surface area contributed by atoms with E-state index in [1.807, 2.05) is 0 Å². The molecule has 0 aliphatic heterocycles. The standard InChI is InChI=1S/C17H42O5Si4/c1-23(2,3)19-14-16(21-25(7,8)9)17(22-26(10,11)12)15(13-18)20-24(4,5)6/h13,15-17H,14H2,1-12H3/t15-,16-,17+/m1/s1. The largest absolute Gasteiger partial charge is 0.415 e. The molecule has 0 radical (unpaired) electrons. The summed E-state index contributed by atoms with van der Waals surface area (Å²) in [5.74, 6) is 0. The lowest BCUT2D eigenvalue weighted by molar-refractivity contribution is -0.123. The topological polar surface area (TPSA) is 54.0 Å². The molecule has 0 aromatic heterocycles. The Kier molecular flexibility index (Phi) is 9.87. The molecule has 0 rings (SSSR count). The zero-order valence-electron chi connectivity index (χ0n) is 19.1. The van der Waals surface area contributed by atoms with Gasteiger partial charge in [0.05, 0.1) is 12.7 Å². The van der Waals surface area contributed by atoms with Crippen molar-refractivity contribution in [2.24, 2.45) is 0 Å². The maximum Gasteiger partial charge on any atom is 0.184 e. The summed E-state index contributed by atoms with van der Waals surface area (Å²) in [6.45, 7) is 26.0. The first-order valence-corrected chi connectivity index (χ1v) is 23.1. The van der Waals surface area contributed by atoms with E-state index in [-0.39, 0.29) is 6.10 Å². The summed E-state index contributed by atoms with van der Waals surface area (Å²) in [7, 11) is -7.42. The van der Waals surface area contributed by atoms with Gasteiger partial charge < -0.3 is 22.5 Å². The molecule has 0 saturated carbocycles. The first-order chi connectivity index (χ1) is 11.3. The van der Waals surface area contributed by atoms with Gasteiger partial charge in [0.15, 0.2) is 33.3 Å². The molecule has 0 aliphatic rings. The molecule has 0 N–H and O–H groups in total. The Hall–Kier alpha value is 0.378. The van der Waals surface area contributed by atoms with E-state index in [0.29, 0.717) is 6.61 Å². The summed E-state index contributed by atoms with van der Waals surface area (Å²) >= 11 is 0. The predicted molar refractivity (Wildman–Crippen MR) is 120 cm³/mol. The Morgan fingerprint density at radius 3 is 1.38 bits per heavy atom. The number of aldehydes is 1. The van der Waals surface area contributed by atoms with Crippen molar-refractivity contribution in [1.29, 1.82) is 0 Å². The van der Waals surface area contributed by atoms with Crippen molar-refractivity contribution in [2.45, 2.75) is 96.9 Å². The number of carbonyl (C=O) groups is 1. The van der Waals surface area contributed by atoms with Crippen LogP contribution in [0.3, 0.4) is 0 Å². The third kappa shape index (κ3) is 13.5. The SMILES string of the molecule is C[Si](C)(C)OC[C@@H](O[Si](C)(C)C)[C@@H](O[Si](C)(C)C)[C@@H](C=O)O[Si](C)(C)C. The third-order valence-electron chi connectivity index (χ3n) is 2.99. The van der Waals surface area contributed by atoms with E-state index in [0.717, 1.165) is 6.29 Å². The minimum atomic E-state index is -1.92. The minimum Gasteiger partial charge on any atom is -0.415 e. The third-order valence-corrected chi connectivity index (χ3v) is 6.99. The van der Waals surface area contributed by atoms with Crippen LogP contribution in [0.1, 0.15) is 0 Å². The van der Waals surface area contributed by atoms with Crippen LogP contribution in [0, 0.1) is 0 Å². The van der Waals surface area contributed by atoms with Gasteiger partial charge in [-0.1, -0.05) is 0 Å². The van der Waals surface area contributed by atoms with Gasteiger partial charge in [-0.05, 0) is 78.6 Å². The normalized spacial score (nSPS) is 17.7. The summed E-state index contributed by atoms with van der Waals surface area (Å²) in [6, 6.07) is 0. The van der Waals surface area contributed by atoms with Crippen LogP contribution in [-0.4, -0.2) is 64.5 Å². The molecule has 3 atom stereocenters. The molecule has 0 fully saturated rings. The second kappa shape index (κ2) is 9.73. The van der Waals surface area contributed by atoms with E-state index in [1.165, 1.54) is 0 Å². The van der Waals surface area contributed by atoms with Crippen molar-refractivity contribution in [3.05, 3.63) is 0 Å². The lowest BCUT2D eigenvalue weighted by Gasteiger charge is -2.40. The monoisotopic (exact) mass is 438 g/mol. The highest BCUT2D eigenvalue weighted by atomic mass is 28.4. The first-order valence-electron chi connectivity index (χ1n) is 9.46. The number of rotatable bonds is 12. The summed E-state index contributed by atoms with van der Waals surface area (Å²) in [5.41, 5.74) is 0. The van der Waals surface area contributed by atoms with Crippen LogP contribution in [0.2, 0.25) is 78.6 Å². The zero-order chi connectivity index (χ0) is 21.0. The van der Waals surface area contributed by atoms with E-state index in [1.54, 1.807) is 0 Å². The molecule has 0 aromatic carbocycles. The average molecular weight is 439 g/mol. The van der Waals surface area contributed by atoms with Crippen molar-refractivity contribution in [3.8, 4) is 0 Å². The van der Waals surface area contributed by atoms with Gasteiger partial charge in [0.2, 0.25) is 0 Å². The van der Waals surface area contributed by atoms with Crippen LogP contribution in [0.5, 0.6) is 0 Å². The number of hydrogen-bond donors (Lipinski definition) is 0. The van der Waals surface area contributed by atoms with Crippen LogP contribution in [0.4, 0.5) is 0 Å². The molecule has 0 spiro atoms. The summed E-state index contributed by atoms with van der Waals surface area (Å²) < 4.78 is 25.2. The van der Waals surface area contributed by atoms with Gasteiger partial charge in [0.1, 0.15) is 18.5 Å². The molecule has 156 valence electrons. The predicted octanol–water partition coefficient (Wildman–Crippen LogP) is 4.70. The van der Waals surface area contributed by atoms with Crippen molar-refractivity contribution < 1.29 is 22.5 Å². The molecule has 26 heavy (non-hydrogen) atoms. The highest BCUT2D eigenvalue weighted by Gasteiger charge is 2.40. The van der Waals surface area contributed by atoms with Gasteiger partial charge in [-0.15, -0.1) is 0 Å². The van der Waals surface area contributed by atoms with Gasteiger partial charge in [0.25, 0.3) is 0 Å². The van der Waals surface area contributed by atoms with Gasteiger partial charge >= 0.3 is 0 Å². The lowest BCUT2D eigenvalue weighted by Crippen LogP contribution is -2.55. The molecule has 0 bridgehead atoms. The Morgan fingerprint density at radius 2 is 1.08 bits per heavy atom. The molecule has 0 saturated heterocycles. The van der Waals surface area contributed by atoms with Crippen molar-refractivity contribution >= 4 is 39.6 Å². The maximum absolute atomic E-state index is 11.9. The fraction of sp³-hybridized carbons (Fsp3) is 0.941. The molecule has 5 nitrogen and oxygen atoms in total. The molecule has 0 aromatic rings. The number of carbonyl (C=O) groups excluding carboxylic acids is 1. The van der Waals surface area contributed by atoms with E-state index < -0.39 is 45.5 Å². The van der Waals surface area contributed by atoms with Crippen LogP contribution < -0.4 is 0 Å². The fourth-order valence-electron chi connectivity index (χ4n) is 2.33. The van der Waals surface area contributed by atoms with Crippen molar-refractivity contribution in [3.63, 3.8) is 0 Å². The smallest absolute Gasteiger partial charge is 0.184 e. The highest BCUT2D eigenvalue weighted by molar-refractivity contribution is 6.71. The second-order valence-electron chi connectivity index (χ2n) is 10.7. The molecule has 0 amide bonds. The molecular formula is C17H42O5Si4. The van der Waals surface area contributed by atoms with E-state index in [2.05, 4.69) is 78.6 Å². The molecule has 0 heterocycles. The maximum atomic E-state index is 11.9. The average Bonchev–Trinajstić information content (AvgIpc) is 2.34. The second-order valence-corrected chi connectivity index (χ2v) is 28.6. The van der Waals surface area contributed by atoms with E-state index in [4.69, 9.17) is 17.7 Å². The van der Waals surface area contributed by atoms with Gasteiger partial charge in [-0.3, -0.25) is 0 Å². The van der Waals surface area contributed by atoms with Gasteiger partial charge in [0, 0.05) is 0 Å². The Balaban J connectivity index is 5.76.